The Hall–Kier alpha value is -2.81. The lowest BCUT2D eigenvalue weighted by atomic mass is 9.96. The van der Waals surface area contributed by atoms with Crippen molar-refractivity contribution in [3.05, 3.63) is 35.2 Å². The van der Waals surface area contributed by atoms with Crippen LogP contribution in [-0.2, 0) is 11.2 Å². The Morgan fingerprint density at radius 1 is 1.36 bits per heavy atom. The molecule has 25 heavy (non-hydrogen) atoms. The molecule has 1 fully saturated rings. The fourth-order valence-corrected chi connectivity index (χ4v) is 4.09. The van der Waals surface area contributed by atoms with Crippen LogP contribution in [0.2, 0.25) is 0 Å². The van der Waals surface area contributed by atoms with E-state index in [4.69, 9.17) is 4.52 Å². The number of nitrogens with zero attached hydrogens (tertiary/aromatic N) is 4. The minimum Gasteiger partial charge on any atom is -0.361 e. The van der Waals surface area contributed by atoms with E-state index in [1.54, 1.807) is 4.90 Å². The van der Waals surface area contributed by atoms with Gasteiger partial charge in [-0.05, 0) is 50.3 Å². The molecule has 2 aliphatic rings. The first-order valence-corrected chi connectivity index (χ1v) is 8.64. The number of hydrogen-bond acceptors (Lipinski definition) is 5. The van der Waals surface area contributed by atoms with E-state index in [-0.39, 0.29) is 11.9 Å². The maximum atomic E-state index is 13.0. The van der Waals surface area contributed by atoms with Gasteiger partial charge < -0.3 is 9.42 Å². The average molecular weight is 336 g/mol. The lowest BCUT2D eigenvalue weighted by Gasteiger charge is -2.25. The summed E-state index contributed by atoms with van der Waals surface area (Å²) in [4.78, 5) is 16.5. The number of aromatic nitrogens is 1. The summed E-state index contributed by atoms with van der Waals surface area (Å²) in [5, 5.41) is 13.3. The van der Waals surface area contributed by atoms with Gasteiger partial charge in [0.25, 0.3) is 0 Å². The van der Waals surface area contributed by atoms with E-state index in [9.17, 15) is 10.1 Å². The molecule has 1 atom stereocenters. The highest BCUT2D eigenvalue weighted by Gasteiger charge is 2.37. The third-order valence-electron chi connectivity index (χ3n) is 5.26. The van der Waals surface area contributed by atoms with E-state index in [2.05, 4.69) is 17.4 Å². The predicted molar refractivity (Wildman–Crippen MR) is 92.8 cm³/mol. The van der Waals surface area contributed by atoms with Crippen molar-refractivity contribution in [1.82, 2.24) is 10.1 Å². The van der Waals surface area contributed by atoms with Crippen LogP contribution < -0.4 is 4.90 Å². The largest absolute Gasteiger partial charge is 0.361 e. The van der Waals surface area contributed by atoms with Crippen LogP contribution in [0, 0.1) is 25.3 Å². The highest BCUT2D eigenvalue weighted by molar-refractivity contribution is 6.00. The Morgan fingerprint density at radius 2 is 2.20 bits per heavy atom. The van der Waals surface area contributed by atoms with E-state index >= 15 is 0 Å². The van der Waals surface area contributed by atoms with Crippen molar-refractivity contribution in [3.63, 3.8) is 0 Å². The highest BCUT2D eigenvalue weighted by Crippen LogP contribution is 2.39. The zero-order chi connectivity index (χ0) is 17.6. The number of rotatable bonds is 2. The fraction of sp³-hybridized carbons (Fsp3) is 0.421. The summed E-state index contributed by atoms with van der Waals surface area (Å²) in [7, 11) is 0. The number of nitriles is 1. The summed E-state index contributed by atoms with van der Waals surface area (Å²) >= 11 is 0. The molecule has 0 N–H and O–H groups in total. The first-order chi connectivity index (χ1) is 12.1. The minimum atomic E-state index is -0.321. The second-order valence-corrected chi connectivity index (χ2v) is 6.69. The summed E-state index contributed by atoms with van der Waals surface area (Å²) in [5.41, 5.74) is 5.08. The first-order valence-electron chi connectivity index (χ1n) is 8.64. The number of fused-ring (bicyclic) bond motifs is 1. The van der Waals surface area contributed by atoms with E-state index < -0.39 is 0 Å². The van der Waals surface area contributed by atoms with Crippen LogP contribution in [0.15, 0.2) is 22.7 Å². The normalized spacial score (nSPS) is 19.2. The lowest BCUT2D eigenvalue weighted by molar-refractivity contribution is -0.121. The fourth-order valence-electron chi connectivity index (χ4n) is 4.09. The molecule has 2 aliphatic heterocycles. The first kappa shape index (κ1) is 15.7. The number of benzene rings is 1. The van der Waals surface area contributed by atoms with Gasteiger partial charge in [-0.3, -0.25) is 9.69 Å². The van der Waals surface area contributed by atoms with Crippen molar-refractivity contribution in [2.45, 2.75) is 39.2 Å². The number of amides is 1. The zero-order valence-corrected chi connectivity index (χ0v) is 14.5. The molecule has 0 aliphatic carbocycles. The van der Waals surface area contributed by atoms with Crippen LogP contribution in [0.5, 0.6) is 0 Å². The van der Waals surface area contributed by atoms with Gasteiger partial charge >= 0.3 is 0 Å². The summed E-state index contributed by atoms with van der Waals surface area (Å²) in [6.45, 7) is 5.18. The van der Waals surface area contributed by atoms with Crippen LogP contribution in [0.3, 0.4) is 0 Å². The third kappa shape index (κ3) is 2.39. The molecule has 6 nitrogen and oxygen atoms in total. The van der Waals surface area contributed by atoms with Crippen molar-refractivity contribution in [2.24, 2.45) is 0 Å². The Balaban J connectivity index is 1.72. The van der Waals surface area contributed by atoms with E-state index in [1.165, 1.54) is 0 Å². The topological polar surface area (TPSA) is 73.4 Å². The number of likely N-dealkylation sites (tertiary alicyclic amines) is 1. The van der Waals surface area contributed by atoms with Crippen molar-refractivity contribution >= 4 is 11.6 Å². The highest BCUT2D eigenvalue weighted by atomic mass is 16.5. The molecule has 4 rings (SSSR count). The molecule has 0 radical (unpaired) electrons. The molecule has 0 spiro atoms. The van der Waals surface area contributed by atoms with Crippen molar-refractivity contribution in [2.75, 3.05) is 18.0 Å². The van der Waals surface area contributed by atoms with Gasteiger partial charge in [0, 0.05) is 24.3 Å². The number of anilines is 1. The Labute approximate surface area is 146 Å². The van der Waals surface area contributed by atoms with Gasteiger partial charge in [-0.2, -0.15) is 5.26 Å². The molecule has 1 saturated heterocycles. The van der Waals surface area contributed by atoms with Crippen molar-refractivity contribution < 1.29 is 9.32 Å². The van der Waals surface area contributed by atoms with Crippen LogP contribution in [-0.4, -0.2) is 35.1 Å². The van der Waals surface area contributed by atoms with E-state index in [0.717, 1.165) is 53.1 Å². The van der Waals surface area contributed by atoms with E-state index in [1.807, 2.05) is 30.9 Å². The number of carbonyl (C=O) groups excluding carboxylic acids is 1. The molecule has 1 unspecified atom stereocenters. The lowest BCUT2D eigenvalue weighted by Crippen LogP contribution is -2.43. The summed E-state index contributed by atoms with van der Waals surface area (Å²) in [5.74, 6) is 0.829. The van der Waals surface area contributed by atoms with Gasteiger partial charge in [0.15, 0.2) is 6.19 Å². The summed E-state index contributed by atoms with van der Waals surface area (Å²) in [6, 6.07) is 5.71. The molecule has 1 amide bonds. The molecule has 1 aromatic heterocycles. The maximum absolute atomic E-state index is 13.0. The molecular formula is C19H20N4O2. The van der Waals surface area contributed by atoms with Gasteiger partial charge in [-0.1, -0.05) is 17.3 Å². The molecule has 2 aromatic rings. The predicted octanol–water partition coefficient (Wildman–Crippen LogP) is 2.79. The minimum absolute atomic E-state index is 0.0358. The van der Waals surface area contributed by atoms with Crippen molar-refractivity contribution in [1.29, 1.82) is 5.26 Å². The molecule has 3 heterocycles. The molecule has 0 saturated carbocycles. The Bertz CT molecular complexity index is 861. The zero-order valence-electron chi connectivity index (χ0n) is 14.5. The van der Waals surface area contributed by atoms with Gasteiger partial charge in [0.05, 0.1) is 5.69 Å². The summed E-state index contributed by atoms with van der Waals surface area (Å²) < 4.78 is 5.32. The number of hydrogen-bond donors (Lipinski definition) is 0. The molecule has 6 heteroatoms. The van der Waals surface area contributed by atoms with Crippen molar-refractivity contribution in [3.8, 4) is 17.3 Å². The molecule has 0 bridgehead atoms. The summed E-state index contributed by atoms with van der Waals surface area (Å²) in [6.07, 6.45) is 4.61. The third-order valence-corrected chi connectivity index (χ3v) is 5.26. The van der Waals surface area contributed by atoms with E-state index in [0.29, 0.717) is 13.1 Å². The standard InChI is InChI=1S/C19H20N4O2/c1-12-18(13(2)25-21-12)15-5-3-6-16-14(15)8-10-23(16)19(24)17-7-4-9-22(17)11-20/h3,5-6,17H,4,7-10H2,1-2H3. The second kappa shape index (κ2) is 5.92. The molecule has 128 valence electrons. The smallest absolute Gasteiger partial charge is 0.250 e. The Morgan fingerprint density at radius 3 is 2.92 bits per heavy atom. The SMILES string of the molecule is Cc1noc(C)c1-c1cccc2c1CCN2C(=O)C1CCCN1C#N. The maximum Gasteiger partial charge on any atom is 0.250 e. The van der Waals surface area contributed by atoms with Gasteiger partial charge in [-0.25, -0.2) is 0 Å². The number of aryl methyl sites for hydroxylation is 2. The van der Waals surface area contributed by atoms with Gasteiger partial charge in [0.1, 0.15) is 11.8 Å². The van der Waals surface area contributed by atoms with Gasteiger partial charge in [-0.15, -0.1) is 0 Å². The average Bonchev–Trinajstić information content (AvgIpc) is 3.32. The van der Waals surface area contributed by atoms with Crippen LogP contribution in [0.1, 0.15) is 29.9 Å². The van der Waals surface area contributed by atoms with Gasteiger partial charge in [0.2, 0.25) is 5.91 Å². The molecular weight excluding hydrogens is 316 g/mol. The van der Waals surface area contributed by atoms with Crippen LogP contribution >= 0.6 is 0 Å². The van der Waals surface area contributed by atoms with Crippen LogP contribution in [0.4, 0.5) is 5.69 Å². The van der Waals surface area contributed by atoms with Crippen LogP contribution in [0.25, 0.3) is 11.1 Å². The Kier molecular flexibility index (Phi) is 3.72. The second-order valence-electron chi connectivity index (χ2n) is 6.69. The molecule has 1 aromatic carbocycles. The quantitative estimate of drug-likeness (QED) is 0.789. The number of carbonyl (C=O) groups is 1. The monoisotopic (exact) mass is 336 g/mol.